The molecule has 1 amide bonds. The van der Waals surface area contributed by atoms with Crippen molar-refractivity contribution in [3.8, 4) is 0 Å². The third-order valence-electron chi connectivity index (χ3n) is 6.82. The van der Waals surface area contributed by atoms with Crippen LogP contribution in [0.5, 0.6) is 0 Å². The number of halogens is 1. The first-order chi connectivity index (χ1) is 14.8. The first kappa shape index (κ1) is 22.1. The van der Waals surface area contributed by atoms with Crippen LogP contribution in [0.4, 0.5) is 5.69 Å². The molecule has 1 N–H and O–H groups in total. The second-order valence-electron chi connectivity index (χ2n) is 9.10. The van der Waals surface area contributed by atoms with Gasteiger partial charge in [0.25, 0.3) is 5.91 Å². The van der Waals surface area contributed by atoms with Crippen molar-refractivity contribution in [2.24, 2.45) is 5.92 Å². The lowest BCUT2D eigenvalue weighted by atomic mass is 9.90. The molecule has 0 bridgehead atoms. The summed E-state index contributed by atoms with van der Waals surface area (Å²) in [5, 5.41) is 0.653. The van der Waals surface area contributed by atoms with Crippen LogP contribution in [-0.4, -0.2) is 76.3 Å². The van der Waals surface area contributed by atoms with Crippen molar-refractivity contribution < 1.29 is 9.59 Å². The van der Waals surface area contributed by atoms with E-state index in [0.717, 1.165) is 49.3 Å². The Bertz CT molecular complexity index is 990. The van der Waals surface area contributed by atoms with Gasteiger partial charge in [0.05, 0.1) is 27.8 Å². The molecule has 3 atom stereocenters. The zero-order valence-electron chi connectivity index (χ0n) is 18.8. The van der Waals surface area contributed by atoms with E-state index in [-0.39, 0.29) is 23.6 Å². The molecule has 0 radical (unpaired) electrons. The number of carbonyl (C=O) groups excluding carboxylic acids is 2. The largest absolute Gasteiger partial charge is 0.365 e. The fourth-order valence-electron chi connectivity index (χ4n) is 4.92. The van der Waals surface area contributed by atoms with Crippen molar-refractivity contribution in [2.45, 2.75) is 52.6 Å². The second-order valence-corrected chi connectivity index (χ2v) is 9.50. The van der Waals surface area contributed by atoms with Gasteiger partial charge in [-0.2, -0.15) is 0 Å². The molecule has 168 valence electrons. The molecule has 31 heavy (non-hydrogen) atoms. The minimum atomic E-state index is -0.376. The summed E-state index contributed by atoms with van der Waals surface area (Å²) >= 11 is 6.65. The Kier molecular flexibility index (Phi) is 6.26. The predicted octanol–water partition coefficient (Wildman–Crippen LogP) is 3.58. The van der Waals surface area contributed by atoms with Crippen LogP contribution in [0.2, 0.25) is 5.02 Å². The third-order valence-corrected chi connectivity index (χ3v) is 7.12. The molecule has 2 fully saturated rings. The molecule has 0 aliphatic carbocycles. The first-order valence-electron chi connectivity index (χ1n) is 11.3. The highest BCUT2D eigenvalue weighted by Gasteiger charge is 2.34. The Balaban J connectivity index is 1.61. The number of fused-ring (bicyclic) bond motifs is 1. The van der Waals surface area contributed by atoms with Crippen LogP contribution in [0.1, 0.15) is 51.2 Å². The van der Waals surface area contributed by atoms with Gasteiger partial charge in [0.15, 0.2) is 11.6 Å². The number of nitrogens with zero attached hydrogens (tertiary/aromatic N) is 4. The number of amides is 1. The molecule has 1 aromatic heterocycles. The number of likely N-dealkylation sites (tertiary alicyclic amines) is 1. The van der Waals surface area contributed by atoms with Gasteiger partial charge >= 0.3 is 0 Å². The van der Waals surface area contributed by atoms with Gasteiger partial charge in [-0.05, 0) is 51.3 Å². The Hall–Kier alpha value is -2.12. The summed E-state index contributed by atoms with van der Waals surface area (Å²) in [5.74, 6) is 0.519. The Morgan fingerprint density at radius 2 is 2.00 bits per heavy atom. The van der Waals surface area contributed by atoms with Gasteiger partial charge in [-0.15, -0.1) is 0 Å². The standard InChI is InChI=1S/C23H32ClN5O2/c1-5-27-8-9-28(15(3)13-27)21-12-19-18(11-17(21)24)25-22(26-19)23(31)29-7-6-14(2)10-20(29)16(4)30/h11-12,14-15,20H,5-10,13H2,1-4H3,(H,25,26)/t14?,15-,20?/m1/s1. The maximum absolute atomic E-state index is 13.2. The topological polar surface area (TPSA) is 72.5 Å². The molecule has 2 aliphatic heterocycles. The smallest absolute Gasteiger partial charge is 0.290 e. The molecule has 4 rings (SSSR count). The highest BCUT2D eigenvalue weighted by atomic mass is 35.5. The summed E-state index contributed by atoms with van der Waals surface area (Å²) in [6.07, 6.45) is 1.60. The Morgan fingerprint density at radius 1 is 1.23 bits per heavy atom. The van der Waals surface area contributed by atoms with E-state index in [9.17, 15) is 9.59 Å². The van der Waals surface area contributed by atoms with Crippen LogP contribution in [0, 0.1) is 5.92 Å². The van der Waals surface area contributed by atoms with E-state index < -0.39 is 0 Å². The quantitative estimate of drug-likeness (QED) is 0.778. The summed E-state index contributed by atoms with van der Waals surface area (Å²) < 4.78 is 0. The number of carbonyl (C=O) groups is 2. The number of benzene rings is 1. The number of ketones is 1. The van der Waals surface area contributed by atoms with E-state index in [2.05, 4.69) is 40.5 Å². The summed E-state index contributed by atoms with van der Waals surface area (Å²) in [6, 6.07) is 3.80. The highest BCUT2D eigenvalue weighted by Crippen LogP contribution is 2.33. The number of hydrogen-bond acceptors (Lipinski definition) is 5. The zero-order chi connectivity index (χ0) is 22.3. The number of Topliss-reactive ketones (excluding diaryl/α,β-unsaturated/α-hetero) is 1. The number of H-pyrrole nitrogens is 1. The molecule has 2 aliphatic rings. The third kappa shape index (κ3) is 4.30. The molecule has 0 saturated carbocycles. The van der Waals surface area contributed by atoms with E-state index >= 15 is 0 Å². The fourth-order valence-corrected chi connectivity index (χ4v) is 5.20. The van der Waals surface area contributed by atoms with E-state index in [1.807, 2.05) is 12.1 Å². The molecular formula is C23H32ClN5O2. The first-order valence-corrected chi connectivity index (χ1v) is 11.7. The number of aromatic nitrogens is 2. The molecule has 8 heteroatoms. The van der Waals surface area contributed by atoms with Crippen LogP contribution < -0.4 is 4.90 Å². The highest BCUT2D eigenvalue weighted by molar-refractivity contribution is 6.34. The number of aromatic amines is 1. The summed E-state index contributed by atoms with van der Waals surface area (Å²) in [6.45, 7) is 12.6. The molecule has 2 aromatic rings. The molecular weight excluding hydrogens is 414 g/mol. The van der Waals surface area contributed by atoms with Crippen molar-refractivity contribution in [1.29, 1.82) is 0 Å². The number of nitrogens with one attached hydrogen (secondary N) is 1. The molecule has 7 nitrogen and oxygen atoms in total. The van der Waals surface area contributed by atoms with Crippen molar-refractivity contribution in [3.05, 3.63) is 23.0 Å². The summed E-state index contributed by atoms with van der Waals surface area (Å²) in [4.78, 5) is 39.5. The van der Waals surface area contributed by atoms with E-state index in [1.165, 1.54) is 0 Å². The van der Waals surface area contributed by atoms with Crippen molar-refractivity contribution >= 4 is 40.0 Å². The summed E-state index contributed by atoms with van der Waals surface area (Å²) in [5.41, 5.74) is 2.41. The van der Waals surface area contributed by atoms with Crippen LogP contribution in [0.15, 0.2) is 12.1 Å². The average molecular weight is 446 g/mol. The Morgan fingerprint density at radius 3 is 2.68 bits per heavy atom. The van der Waals surface area contributed by atoms with E-state index in [0.29, 0.717) is 29.9 Å². The van der Waals surface area contributed by atoms with E-state index in [4.69, 9.17) is 11.6 Å². The summed E-state index contributed by atoms with van der Waals surface area (Å²) in [7, 11) is 0. The zero-order valence-corrected chi connectivity index (χ0v) is 19.6. The van der Waals surface area contributed by atoms with Gasteiger partial charge in [0.2, 0.25) is 0 Å². The van der Waals surface area contributed by atoms with Gasteiger partial charge < -0.3 is 14.8 Å². The lowest BCUT2D eigenvalue weighted by molar-refractivity contribution is -0.122. The number of rotatable bonds is 4. The fraction of sp³-hybridized carbons (Fsp3) is 0.609. The van der Waals surface area contributed by atoms with Crippen molar-refractivity contribution in [3.63, 3.8) is 0 Å². The maximum Gasteiger partial charge on any atom is 0.290 e. The number of likely N-dealkylation sites (N-methyl/N-ethyl adjacent to an activating group) is 1. The SMILES string of the molecule is CCN1CCN(c2cc3nc(C(=O)N4CCC(C)CC4C(C)=O)[nH]c3cc2Cl)[C@H](C)C1. The monoisotopic (exact) mass is 445 g/mol. The second kappa shape index (κ2) is 8.79. The van der Waals surface area contributed by atoms with Crippen LogP contribution in [0.3, 0.4) is 0 Å². The van der Waals surface area contributed by atoms with Crippen LogP contribution in [-0.2, 0) is 4.79 Å². The molecule has 0 spiro atoms. The predicted molar refractivity (Wildman–Crippen MR) is 124 cm³/mol. The van der Waals surface area contributed by atoms with Crippen molar-refractivity contribution in [1.82, 2.24) is 19.8 Å². The number of anilines is 1. The van der Waals surface area contributed by atoms with Crippen molar-refractivity contribution in [2.75, 3.05) is 37.6 Å². The lowest BCUT2D eigenvalue weighted by Gasteiger charge is -2.41. The molecule has 3 heterocycles. The minimum absolute atomic E-state index is 0.0292. The average Bonchev–Trinajstić information content (AvgIpc) is 3.15. The van der Waals surface area contributed by atoms with Gasteiger partial charge in [-0.1, -0.05) is 25.4 Å². The number of piperazine rings is 1. The van der Waals surface area contributed by atoms with Crippen LogP contribution in [0.25, 0.3) is 11.0 Å². The lowest BCUT2D eigenvalue weighted by Crippen LogP contribution is -2.51. The molecule has 2 saturated heterocycles. The van der Waals surface area contributed by atoms with Gasteiger partial charge in [0, 0.05) is 32.2 Å². The van der Waals surface area contributed by atoms with Gasteiger partial charge in [-0.25, -0.2) is 4.98 Å². The van der Waals surface area contributed by atoms with Gasteiger partial charge in [0.1, 0.15) is 0 Å². The number of hydrogen-bond donors (Lipinski definition) is 1. The minimum Gasteiger partial charge on any atom is -0.365 e. The Labute approximate surface area is 188 Å². The van der Waals surface area contributed by atoms with Gasteiger partial charge in [-0.3, -0.25) is 14.5 Å². The number of imidazole rings is 1. The molecule has 1 aromatic carbocycles. The van der Waals surface area contributed by atoms with E-state index in [1.54, 1.807) is 11.8 Å². The number of piperidine rings is 1. The maximum atomic E-state index is 13.2. The normalized spacial score (nSPS) is 25.3. The molecule has 2 unspecified atom stereocenters. The van der Waals surface area contributed by atoms with Crippen LogP contribution >= 0.6 is 11.6 Å².